The van der Waals surface area contributed by atoms with Gasteiger partial charge in [0.2, 0.25) is 0 Å². The third-order valence-corrected chi connectivity index (χ3v) is 4.84. The van der Waals surface area contributed by atoms with E-state index in [-0.39, 0.29) is 5.92 Å². The van der Waals surface area contributed by atoms with E-state index in [1.807, 2.05) is 18.2 Å². The number of aromatic nitrogens is 2. The van der Waals surface area contributed by atoms with Crippen molar-refractivity contribution in [3.8, 4) is 11.3 Å². The first-order valence-electron chi connectivity index (χ1n) is 8.11. The minimum atomic E-state index is -1.07. The SMILES string of the molecule is CC(C)c1cc(-c2ccc(Cl)cc2)n(C2(C(=O)O)CCOCC2)n1. The highest BCUT2D eigenvalue weighted by Crippen LogP contribution is 2.36. The summed E-state index contributed by atoms with van der Waals surface area (Å²) in [6, 6.07) is 9.39. The fourth-order valence-corrected chi connectivity index (χ4v) is 3.19. The van der Waals surface area contributed by atoms with Crippen LogP contribution in [0.3, 0.4) is 0 Å². The third-order valence-electron chi connectivity index (χ3n) is 4.58. The van der Waals surface area contributed by atoms with E-state index in [0.717, 1.165) is 17.0 Å². The quantitative estimate of drug-likeness (QED) is 0.909. The molecule has 2 heterocycles. The summed E-state index contributed by atoms with van der Waals surface area (Å²) < 4.78 is 7.08. The lowest BCUT2D eigenvalue weighted by Gasteiger charge is -2.34. The van der Waals surface area contributed by atoms with Gasteiger partial charge in [0, 0.05) is 31.1 Å². The molecule has 1 aromatic heterocycles. The van der Waals surface area contributed by atoms with Gasteiger partial charge in [-0.15, -0.1) is 0 Å². The molecule has 0 amide bonds. The van der Waals surface area contributed by atoms with Gasteiger partial charge in [0.1, 0.15) is 0 Å². The molecule has 0 spiro atoms. The summed E-state index contributed by atoms with van der Waals surface area (Å²) in [6.45, 7) is 4.94. The number of hydrogen-bond acceptors (Lipinski definition) is 3. The van der Waals surface area contributed by atoms with Gasteiger partial charge in [-0.3, -0.25) is 0 Å². The predicted octanol–water partition coefficient (Wildman–Crippen LogP) is 3.92. The van der Waals surface area contributed by atoms with Crippen molar-refractivity contribution in [1.82, 2.24) is 9.78 Å². The lowest BCUT2D eigenvalue weighted by Crippen LogP contribution is -2.47. The van der Waals surface area contributed by atoms with Crippen molar-refractivity contribution in [1.29, 1.82) is 0 Å². The Morgan fingerprint density at radius 3 is 2.46 bits per heavy atom. The molecule has 1 saturated heterocycles. The van der Waals surface area contributed by atoms with Crippen LogP contribution in [0.25, 0.3) is 11.3 Å². The Balaban J connectivity index is 2.18. The zero-order valence-electron chi connectivity index (χ0n) is 13.8. The number of carboxylic acids is 1. The smallest absolute Gasteiger partial charge is 0.331 e. The van der Waals surface area contributed by atoms with Crippen molar-refractivity contribution in [2.45, 2.75) is 38.1 Å². The molecule has 5 nitrogen and oxygen atoms in total. The molecule has 0 bridgehead atoms. The van der Waals surface area contributed by atoms with Gasteiger partial charge < -0.3 is 9.84 Å². The van der Waals surface area contributed by atoms with Crippen molar-refractivity contribution in [3.05, 3.63) is 41.0 Å². The van der Waals surface area contributed by atoms with E-state index in [0.29, 0.717) is 31.1 Å². The van der Waals surface area contributed by atoms with Gasteiger partial charge >= 0.3 is 5.97 Å². The summed E-state index contributed by atoms with van der Waals surface area (Å²) >= 11 is 5.99. The minimum Gasteiger partial charge on any atom is -0.479 e. The summed E-state index contributed by atoms with van der Waals surface area (Å²) in [5.41, 5.74) is 1.53. The molecule has 1 aliphatic heterocycles. The highest BCUT2D eigenvalue weighted by atomic mass is 35.5. The molecule has 1 aliphatic rings. The Labute approximate surface area is 146 Å². The molecule has 3 rings (SSSR count). The van der Waals surface area contributed by atoms with Crippen LogP contribution in [0.4, 0.5) is 0 Å². The van der Waals surface area contributed by atoms with Crippen molar-refractivity contribution >= 4 is 17.6 Å². The lowest BCUT2D eigenvalue weighted by atomic mass is 9.89. The summed E-state index contributed by atoms with van der Waals surface area (Å²) in [6.07, 6.45) is 0.810. The Morgan fingerprint density at radius 2 is 1.92 bits per heavy atom. The summed E-state index contributed by atoms with van der Waals surface area (Å²) in [4.78, 5) is 12.2. The fourth-order valence-electron chi connectivity index (χ4n) is 3.06. The van der Waals surface area contributed by atoms with Gasteiger partial charge in [-0.2, -0.15) is 5.10 Å². The number of ether oxygens (including phenoxy) is 1. The molecule has 2 aromatic rings. The normalized spacial score (nSPS) is 17.2. The fraction of sp³-hybridized carbons (Fsp3) is 0.444. The molecule has 0 unspecified atom stereocenters. The second-order valence-corrected chi connectivity index (χ2v) is 6.91. The van der Waals surface area contributed by atoms with Gasteiger partial charge in [-0.25, -0.2) is 9.48 Å². The number of rotatable bonds is 4. The maximum Gasteiger partial charge on any atom is 0.331 e. The minimum absolute atomic E-state index is 0.211. The molecule has 1 N–H and O–H groups in total. The van der Waals surface area contributed by atoms with Crippen LogP contribution in [0.15, 0.2) is 30.3 Å². The second kappa shape index (κ2) is 6.57. The number of carbonyl (C=O) groups is 1. The molecule has 0 radical (unpaired) electrons. The largest absolute Gasteiger partial charge is 0.479 e. The van der Waals surface area contributed by atoms with E-state index < -0.39 is 11.5 Å². The number of hydrogen-bond donors (Lipinski definition) is 1. The number of nitrogens with zero attached hydrogens (tertiary/aromatic N) is 2. The van der Waals surface area contributed by atoms with Crippen LogP contribution in [0.5, 0.6) is 0 Å². The van der Waals surface area contributed by atoms with Gasteiger partial charge in [0.25, 0.3) is 0 Å². The maximum atomic E-state index is 12.2. The van der Waals surface area contributed by atoms with Gasteiger partial charge in [0.15, 0.2) is 5.54 Å². The molecular weight excluding hydrogens is 328 g/mol. The van der Waals surface area contributed by atoms with Crippen LogP contribution in [-0.2, 0) is 15.1 Å². The monoisotopic (exact) mass is 348 g/mol. The van der Waals surface area contributed by atoms with E-state index in [1.165, 1.54) is 0 Å². The first kappa shape index (κ1) is 17.0. The molecule has 0 atom stereocenters. The number of benzene rings is 1. The highest BCUT2D eigenvalue weighted by molar-refractivity contribution is 6.30. The molecule has 1 aromatic carbocycles. The van der Waals surface area contributed by atoms with Crippen LogP contribution in [0, 0.1) is 0 Å². The van der Waals surface area contributed by atoms with Crippen LogP contribution in [-0.4, -0.2) is 34.1 Å². The van der Waals surface area contributed by atoms with Gasteiger partial charge in [0.05, 0.1) is 11.4 Å². The third kappa shape index (κ3) is 2.94. The van der Waals surface area contributed by atoms with E-state index in [2.05, 4.69) is 18.9 Å². The molecule has 0 saturated carbocycles. The summed E-state index contributed by atoms with van der Waals surface area (Å²) in [7, 11) is 0. The highest BCUT2D eigenvalue weighted by Gasteiger charge is 2.44. The Bertz CT molecular complexity index is 731. The van der Waals surface area contributed by atoms with Gasteiger partial charge in [-0.1, -0.05) is 37.6 Å². The van der Waals surface area contributed by atoms with Crippen LogP contribution >= 0.6 is 11.6 Å². The molecule has 24 heavy (non-hydrogen) atoms. The Kier molecular flexibility index (Phi) is 4.65. The van der Waals surface area contributed by atoms with E-state index >= 15 is 0 Å². The predicted molar refractivity (Wildman–Crippen MR) is 92.4 cm³/mol. The number of aliphatic carboxylic acids is 1. The maximum absolute atomic E-state index is 12.2. The zero-order chi connectivity index (χ0) is 17.3. The molecule has 128 valence electrons. The average Bonchev–Trinajstić information content (AvgIpc) is 3.02. The van der Waals surface area contributed by atoms with Crippen molar-refractivity contribution in [2.24, 2.45) is 0 Å². The second-order valence-electron chi connectivity index (χ2n) is 6.48. The van der Waals surface area contributed by atoms with Crippen LogP contribution in [0.2, 0.25) is 5.02 Å². The van der Waals surface area contributed by atoms with E-state index in [1.54, 1.807) is 16.8 Å². The van der Waals surface area contributed by atoms with E-state index in [9.17, 15) is 9.90 Å². The number of halogens is 1. The standard InChI is InChI=1S/C18H21ClN2O3/c1-12(2)15-11-16(13-3-5-14(19)6-4-13)21(20-15)18(17(22)23)7-9-24-10-8-18/h3-6,11-12H,7-10H2,1-2H3,(H,22,23). The number of carboxylic acid groups (broad SMARTS) is 1. The summed E-state index contributed by atoms with van der Waals surface area (Å²) in [5, 5.41) is 15.3. The van der Waals surface area contributed by atoms with Crippen LogP contribution < -0.4 is 0 Å². The van der Waals surface area contributed by atoms with Crippen molar-refractivity contribution < 1.29 is 14.6 Å². The van der Waals surface area contributed by atoms with Crippen LogP contribution in [0.1, 0.15) is 38.3 Å². The molecule has 6 heteroatoms. The van der Waals surface area contributed by atoms with Crippen molar-refractivity contribution in [2.75, 3.05) is 13.2 Å². The van der Waals surface area contributed by atoms with Gasteiger partial charge in [-0.05, 0) is 29.7 Å². The topological polar surface area (TPSA) is 64.4 Å². The Hall–Kier alpha value is -1.85. The first-order valence-corrected chi connectivity index (χ1v) is 8.49. The average molecular weight is 349 g/mol. The molecule has 0 aliphatic carbocycles. The first-order chi connectivity index (χ1) is 11.4. The van der Waals surface area contributed by atoms with E-state index in [4.69, 9.17) is 16.3 Å². The van der Waals surface area contributed by atoms with Crippen molar-refractivity contribution in [3.63, 3.8) is 0 Å². The Morgan fingerprint density at radius 1 is 1.29 bits per heavy atom. The zero-order valence-corrected chi connectivity index (χ0v) is 14.6. The lowest BCUT2D eigenvalue weighted by molar-refractivity contribution is -0.153. The summed E-state index contributed by atoms with van der Waals surface area (Å²) in [5.74, 6) is -0.651. The molecular formula is C18H21ClN2O3. The molecule has 1 fully saturated rings.